The van der Waals surface area contributed by atoms with Crippen LogP contribution in [-0.2, 0) is 19.1 Å². The molecule has 0 bridgehead atoms. The number of carbonyl (C=O) groups excluding carboxylic acids is 2. The number of allylic oxidation sites excluding steroid dienone is 4. The third kappa shape index (κ3) is 3.95. The largest absolute Gasteiger partial charge is 0.480 e. The minimum atomic E-state index is -1.04. The zero-order valence-electron chi connectivity index (χ0n) is 13.1. The zero-order chi connectivity index (χ0) is 15.5. The molecule has 1 aliphatic carbocycles. The molecular weight excluding hydrogens is 256 g/mol. The quantitative estimate of drug-likeness (QED) is 0.573. The maximum absolute atomic E-state index is 12.0. The summed E-state index contributed by atoms with van der Waals surface area (Å²) in [6.07, 6.45) is 3.14. The molecule has 1 rings (SSSR count). The van der Waals surface area contributed by atoms with Gasteiger partial charge in [-0.25, -0.2) is 4.79 Å². The lowest BCUT2D eigenvalue weighted by atomic mass is 9.90. The lowest BCUT2D eigenvalue weighted by Crippen LogP contribution is -2.39. The highest BCUT2D eigenvalue weighted by Gasteiger charge is 2.35. The fourth-order valence-corrected chi connectivity index (χ4v) is 2.18. The van der Waals surface area contributed by atoms with E-state index >= 15 is 0 Å². The molecule has 0 saturated carbocycles. The molecule has 4 nitrogen and oxygen atoms in total. The van der Waals surface area contributed by atoms with Crippen molar-refractivity contribution in [3.05, 3.63) is 23.0 Å². The van der Waals surface area contributed by atoms with E-state index in [0.29, 0.717) is 6.42 Å². The van der Waals surface area contributed by atoms with Crippen molar-refractivity contribution in [3.63, 3.8) is 0 Å². The van der Waals surface area contributed by atoms with Crippen molar-refractivity contribution in [2.75, 3.05) is 0 Å². The Balaban J connectivity index is 2.93. The van der Waals surface area contributed by atoms with Crippen molar-refractivity contribution in [3.8, 4) is 0 Å². The van der Waals surface area contributed by atoms with Crippen molar-refractivity contribution < 1.29 is 19.1 Å². The second-order valence-electron chi connectivity index (χ2n) is 6.06. The van der Waals surface area contributed by atoms with Gasteiger partial charge in [0.25, 0.3) is 0 Å². The first kappa shape index (κ1) is 16.5. The van der Waals surface area contributed by atoms with Gasteiger partial charge in [0.1, 0.15) is 12.0 Å². The highest BCUT2D eigenvalue weighted by molar-refractivity contribution is 5.79. The summed E-state index contributed by atoms with van der Waals surface area (Å²) >= 11 is 0. The summed E-state index contributed by atoms with van der Waals surface area (Å²) < 4.78 is 11.1. The number of esters is 1. The van der Waals surface area contributed by atoms with Gasteiger partial charge in [0.2, 0.25) is 0 Å². The molecule has 0 heterocycles. The van der Waals surface area contributed by atoms with Crippen LogP contribution in [0.2, 0.25) is 0 Å². The summed E-state index contributed by atoms with van der Waals surface area (Å²) in [6, 6.07) is 0. The van der Waals surface area contributed by atoms with Crippen LogP contribution in [0.4, 0.5) is 0 Å². The molecule has 1 unspecified atom stereocenters. The number of rotatable bonds is 5. The molecule has 0 radical (unpaired) electrons. The standard InChI is InChI=1S/C16H24O4/c1-10(2)19-15(18)16(5,6)20-14-11(3)7-13(9-17)8-12(14)4/h7,9-10,12H,8H2,1-6H3. The van der Waals surface area contributed by atoms with Crippen LogP contribution in [0.25, 0.3) is 0 Å². The average Bonchev–Trinajstić information content (AvgIpc) is 2.32. The maximum atomic E-state index is 12.0. The first-order valence-corrected chi connectivity index (χ1v) is 6.94. The highest BCUT2D eigenvalue weighted by atomic mass is 16.6. The Hall–Kier alpha value is -1.58. The number of hydrogen-bond donors (Lipinski definition) is 0. The molecule has 0 aliphatic heterocycles. The van der Waals surface area contributed by atoms with Gasteiger partial charge in [-0.05, 0) is 58.3 Å². The zero-order valence-corrected chi connectivity index (χ0v) is 13.1. The molecule has 112 valence electrons. The van der Waals surface area contributed by atoms with Gasteiger partial charge in [-0.2, -0.15) is 0 Å². The molecule has 0 aromatic rings. The van der Waals surface area contributed by atoms with Crippen molar-refractivity contribution >= 4 is 12.3 Å². The maximum Gasteiger partial charge on any atom is 0.350 e. The molecule has 0 amide bonds. The molecule has 0 spiro atoms. The smallest absolute Gasteiger partial charge is 0.350 e. The molecule has 0 N–H and O–H groups in total. The summed E-state index contributed by atoms with van der Waals surface area (Å²) in [5.41, 5.74) is 0.600. The Kier molecular flexibility index (Phi) is 5.15. The second kappa shape index (κ2) is 6.25. The van der Waals surface area contributed by atoms with E-state index in [9.17, 15) is 9.59 Å². The van der Waals surface area contributed by atoms with Crippen LogP contribution in [0.3, 0.4) is 0 Å². The molecule has 4 heteroatoms. The topological polar surface area (TPSA) is 52.6 Å². The summed E-state index contributed by atoms with van der Waals surface area (Å²) in [7, 11) is 0. The fourth-order valence-electron chi connectivity index (χ4n) is 2.18. The van der Waals surface area contributed by atoms with Gasteiger partial charge >= 0.3 is 5.97 Å². The van der Waals surface area contributed by atoms with Gasteiger partial charge < -0.3 is 9.47 Å². The minimum absolute atomic E-state index is 0.0753. The lowest BCUT2D eigenvalue weighted by molar-refractivity contribution is -0.168. The van der Waals surface area contributed by atoms with Gasteiger partial charge in [0.15, 0.2) is 5.60 Å². The van der Waals surface area contributed by atoms with Crippen LogP contribution in [0, 0.1) is 5.92 Å². The van der Waals surface area contributed by atoms with Crippen molar-refractivity contribution in [2.45, 2.75) is 59.7 Å². The van der Waals surface area contributed by atoms with E-state index in [1.54, 1.807) is 27.7 Å². The molecule has 0 aromatic carbocycles. The monoisotopic (exact) mass is 280 g/mol. The summed E-state index contributed by atoms with van der Waals surface area (Å²) in [4.78, 5) is 22.9. The van der Waals surface area contributed by atoms with Gasteiger partial charge in [-0.1, -0.05) is 6.92 Å². The summed E-state index contributed by atoms with van der Waals surface area (Å²) in [5.74, 6) is 0.442. The van der Waals surface area contributed by atoms with E-state index in [1.807, 2.05) is 19.9 Å². The SMILES string of the molecule is CC1=C(OC(C)(C)C(=O)OC(C)C)C(C)CC(C=O)=C1. The van der Waals surface area contributed by atoms with Crippen LogP contribution >= 0.6 is 0 Å². The van der Waals surface area contributed by atoms with E-state index in [0.717, 1.165) is 23.2 Å². The summed E-state index contributed by atoms with van der Waals surface area (Å²) in [5, 5.41) is 0. The molecule has 0 fully saturated rings. The van der Waals surface area contributed by atoms with Gasteiger partial charge in [0, 0.05) is 5.92 Å². The van der Waals surface area contributed by atoms with Crippen LogP contribution in [0.5, 0.6) is 0 Å². The van der Waals surface area contributed by atoms with Crippen LogP contribution in [0.15, 0.2) is 23.0 Å². The Morgan fingerprint density at radius 1 is 1.45 bits per heavy atom. The second-order valence-corrected chi connectivity index (χ2v) is 6.06. The first-order valence-electron chi connectivity index (χ1n) is 6.94. The molecule has 1 aliphatic rings. The number of hydrogen-bond acceptors (Lipinski definition) is 4. The van der Waals surface area contributed by atoms with Crippen LogP contribution < -0.4 is 0 Å². The van der Waals surface area contributed by atoms with Crippen LogP contribution in [0.1, 0.15) is 48.0 Å². The Bertz CT molecular complexity index is 455. The van der Waals surface area contributed by atoms with Crippen molar-refractivity contribution in [1.29, 1.82) is 0 Å². The Labute approximate surface area is 120 Å². The van der Waals surface area contributed by atoms with Crippen molar-refractivity contribution in [2.24, 2.45) is 5.92 Å². The van der Waals surface area contributed by atoms with E-state index in [-0.39, 0.29) is 18.0 Å². The minimum Gasteiger partial charge on any atom is -0.480 e. The van der Waals surface area contributed by atoms with Crippen molar-refractivity contribution in [1.82, 2.24) is 0 Å². The molecule has 0 saturated heterocycles. The van der Waals surface area contributed by atoms with Gasteiger partial charge in [0.05, 0.1) is 6.10 Å². The van der Waals surface area contributed by atoms with Gasteiger partial charge in [-0.15, -0.1) is 0 Å². The van der Waals surface area contributed by atoms with E-state index in [1.165, 1.54) is 0 Å². The number of ether oxygens (including phenoxy) is 2. The fraction of sp³-hybridized carbons (Fsp3) is 0.625. The molecular formula is C16H24O4. The Morgan fingerprint density at radius 2 is 2.05 bits per heavy atom. The van der Waals surface area contributed by atoms with E-state index in [2.05, 4.69) is 0 Å². The van der Waals surface area contributed by atoms with E-state index in [4.69, 9.17) is 9.47 Å². The Morgan fingerprint density at radius 3 is 2.50 bits per heavy atom. The molecule has 0 aromatic heterocycles. The molecule has 1 atom stereocenters. The highest BCUT2D eigenvalue weighted by Crippen LogP contribution is 2.32. The number of aldehydes is 1. The predicted octanol–water partition coefficient (Wildman–Crippen LogP) is 3.17. The lowest BCUT2D eigenvalue weighted by Gasteiger charge is -2.31. The number of carbonyl (C=O) groups is 2. The summed E-state index contributed by atoms with van der Waals surface area (Å²) in [6.45, 7) is 10.9. The normalized spacial score (nSPS) is 19.8. The van der Waals surface area contributed by atoms with Gasteiger partial charge in [-0.3, -0.25) is 4.79 Å². The third-order valence-corrected chi connectivity index (χ3v) is 3.13. The predicted molar refractivity (Wildman–Crippen MR) is 77.0 cm³/mol. The first-order chi connectivity index (χ1) is 9.17. The average molecular weight is 280 g/mol. The third-order valence-electron chi connectivity index (χ3n) is 3.13. The van der Waals surface area contributed by atoms with E-state index < -0.39 is 5.60 Å². The van der Waals surface area contributed by atoms with Crippen LogP contribution in [-0.4, -0.2) is 24.0 Å². The molecule has 20 heavy (non-hydrogen) atoms.